The number of hydrogen-bond acceptors (Lipinski definition) is 16. The fourth-order valence-electron chi connectivity index (χ4n) is 17.3. The maximum Gasteiger partial charge on any atom is 0.155 e. The second-order valence-corrected chi connectivity index (χ2v) is 38.5. The molecule has 0 amide bonds. The third-order valence-electron chi connectivity index (χ3n) is 24.4. The molecule has 15 aromatic rings. The van der Waals surface area contributed by atoms with E-state index in [1.807, 2.05) is 18.2 Å². The Kier molecular flexibility index (Phi) is 56.7. The van der Waals surface area contributed by atoms with Crippen LogP contribution in [0, 0.1) is 224 Å². The van der Waals surface area contributed by atoms with Crippen molar-refractivity contribution in [3.63, 3.8) is 0 Å². The van der Waals surface area contributed by atoms with Crippen molar-refractivity contribution in [1.82, 2.24) is 24.9 Å². The number of aliphatic hydroxyl groups is 5. The summed E-state index contributed by atoms with van der Waals surface area (Å²) in [4.78, 5) is 74.8. The Morgan fingerprint density at radius 2 is 0.520 bits per heavy atom. The van der Waals surface area contributed by atoms with Crippen LogP contribution in [0.1, 0.15) is 225 Å². The first-order valence-electron chi connectivity index (χ1n) is 48.5. The van der Waals surface area contributed by atoms with Crippen molar-refractivity contribution in [3.05, 3.63) is 373 Å². The SMILES string of the molecule is CC(=O)C=C(C)O.CC(=O)C=C(C)O.CC(=O)C=C(C)O.CC(=O)C=C(C)O.CC(=O)C=C(C)O.COc1ccc2nc(-c3[c-]c(C)cc(C)c3)cc(C)c2c1.Cc1[c-]c(-c2nc3cc(C)c(C)c(C)c3c(C)c2C)cc(C)c1.Cc1[c-]c(-c2nc3cc(C)c(C)cc3c(C)c2C)cc(C)c1.Cc1[c-]c(-c2nc3cc(C)cc(C)c3c(C)c2C)cc(C)c1.Cc1[c-]c(-c2nc3ccc(C)c(C)c3c(C)c2C)cc(C)c1.[Ir].[Ir].[Ir].[Ir].[Ir]. The van der Waals surface area contributed by atoms with Gasteiger partial charge >= 0.3 is 0 Å². The molecule has 0 unspecified atom stereocenters. The standard InChI is InChI=1S/C22H24N.3C21H22N.C19H18NO.5C5H8O2.5Ir/c1-12-8-13(2)10-19(9-12)22-18(7)17(6)21-16(5)15(4)14(3)11-20(21)23-22;1-12-7-13(2)10-18(9-12)21-17(6)16(5)20-15(4)8-14(3)11-19(20)22-21;1-12-7-13(2)9-18(8-12)21-17(6)16(5)19-10-14(3)15(4)11-20(19)22-21;1-12-9-13(2)11-18(10-12)21-17(6)16(5)20-15(4)14(3)7-8-19(20)22-21;1-12-7-13(2)9-15(8-12)19-10-14(3)17-11-16(21-4)5-6-18(17)20-19;5*1-4(6)3-5(2)7;;;;;/h8-9,11H,1-7H3;7-9,11H,1-6H3;7-8,10-11H,1-6H3;7-10H,1-6H3;5-8,10-11H,1-4H3;5*3,6H,1-2H3;;;;;/q5*-1;;;;;;;;;;. The maximum atomic E-state index is 10.0. The van der Waals surface area contributed by atoms with Crippen LogP contribution in [0.3, 0.4) is 0 Å². The van der Waals surface area contributed by atoms with Gasteiger partial charge in [-0.05, 0) is 349 Å². The molecule has 5 N–H and O–H groups in total. The molecule has 150 heavy (non-hydrogen) atoms. The zero-order valence-electron chi connectivity index (χ0n) is 94.6. The molecule has 5 radical (unpaired) electrons. The molecule has 0 fully saturated rings. The zero-order chi connectivity index (χ0) is 109. The Labute approximate surface area is 959 Å². The van der Waals surface area contributed by atoms with Gasteiger partial charge in [0, 0.05) is 158 Å². The van der Waals surface area contributed by atoms with Crippen LogP contribution in [-0.2, 0) is 124 Å². The Morgan fingerprint density at radius 3 is 0.860 bits per heavy atom. The first-order valence-corrected chi connectivity index (χ1v) is 48.5. The van der Waals surface area contributed by atoms with Gasteiger partial charge in [-0.3, -0.25) is 48.9 Å². The van der Waals surface area contributed by atoms with Crippen LogP contribution >= 0.6 is 0 Å². The normalized spacial score (nSPS) is 10.8. The van der Waals surface area contributed by atoms with Crippen LogP contribution in [0.5, 0.6) is 5.75 Å². The van der Waals surface area contributed by atoms with Gasteiger partial charge < -0.3 is 30.3 Å². The molecule has 16 nitrogen and oxygen atoms in total. The summed E-state index contributed by atoms with van der Waals surface area (Å²) in [7, 11) is 1.68. The van der Waals surface area contributed by atoms with E-state index in [0.717, 1.165) is 123 Å². The van der Waals surface area contributed by atoms with Gasteiger partial charge in [-0.1, -0.05) is 110 Å². The minimum Gasteiger partial charge on any atom is -0.512 e. The van der Waals surface area contributed by atoms with Crippen LogP contribution in [0.4, 0.5) is 0 Å². The molecule has 15 rings (SSSR count). The molecule has 0 bridgehead atoms. The summed E-state index contributed by atoms with van der Waals surface area (Å²) in [6.45, 7) is 74.4. The number of methoxy groups -OCH3 is 1. The maximum absolute atomic E-state index is 10.0. The molecule has 0 atom stereocenters. The summed E-state index contributed by atoms with van der Waals surface area (Å²) in [5.74, 6) is 0.547. The summed E-state index contributed by atoms with van der Waals surface area (Å²) in [5.41, 5.74) is 51.3. The third-order valence-corrected chi connectivity index (χ3v) is 24.4. The number of fused-ring (bicyclic) bond motifs is 5. The number of nitrogens with zero attached hydrogens (tertiary/aromatic N) is 5. The van der Waals surface area contributed by atoms with E-state index in [0.29, 0.717) is 0 Å². The van der Waals surface area contributed by atoms with E-state index in [1.54, 1.807) is 7.11 Å². The van der Waals surface area contributed by atoms with Crippen LogP contribution in [-0.4, -0.2) is 86.5 Å². The van der Waals surface area contributed by atoms with Gasteiger partial charge in [0.1, 0.15) is 5.75 Å². The van der Waals surface area contributed by atoms with Crippen molar-refractivity contribution in [2.24, 2.45) is 0 Å². The van der Waals surface area contributed by atoms with Crippen LogP contribution in [0.2, 0.25) is 0 Å². The van der Waals surface area contributed by atoms with Crippen molar-refractivity contribution in [2.75, 3.05) is 7.11 Å². The number of aliphatic hydroxyl groups excluding tert-OH is 5. The number of ketones is 5. The molecule has 0 aliphatic heterocycles. The van der Waals surface area contributed by atoms with Crippen LogP contribution in [0.25, 0.3) is 111 Å². The van der Waals surface area contributed by atoms with Crippen molar-refractivity contribution < 1.29 is 155 Å². The van der Waals surface area contributed by atoms with Gasteiger partial charge in [-0.25, -0.2) is 0 Å². The summed E-state index contributed by atoms with van der Waals surface area (Å²) < 4.78 is 5.29. The fourth-order valence-corrected chi connectivity index (χ4v) is 17.3. The molecule has 21 heteroatoms. The number of hydrogen-bond donors (Lipinski definition) is 5. The quantitative estimate of drug-likeness (QED) is 0.0458. The van der Waals surface area contributed by atoms with E-state index in [1.165, 1.54) is 249 Å². The average Bonchev–Trinajstić information content (AvgIpc) is 0.754. The predicted octanol–water partition coefficient (Wildman–Crippen LogP) is 32.3. The van der Waals surface area contributed by atoms with Gasteiger partial charge in [0.05, 0.1) is 63.5 Å². The molecule has 0 spiro atoms. The fraction of sp³-hybridized carbons (Fsp3) is 0.302. The molecule has 10 aromatic carbocycles. The topological polar surface area (TPSA) is 260 Å². The number of benzene rings is 10. The van der Waals surface area contributed by atoms with E-state index in [9.17, 15) is 24.0 Å². The Morgan fingerprint density at radius 1 is 0.233 bits per heavy atom. The number of aromatic nitrogens is 5. The summed E-state index contributed by atoms with van der Waals surface area (Å²) in [6.07, 6.45) is 5.83. The van der Waals surface area contributed by atoms with Gasteiger partial charge in [0.2, 0.25) is 0 Å². The monoisotopic (exact) mass is 2910 g/mol. The number of carbonyl (C=O) groups is 5. The van der Waals surface area contributed by atoms with Gasteiger partial charge in [0.25, 0.3) is 0 Å². The number of ether oxygens (including phenoxy) is 1. The molecule has 0 aliphatic rings. The van der Waals surface area contributed by atoms with E-state index in [2.05, 4.69) is 333 Å². The number of aryl methyl sites for hydroxylation is 23. The Hall–Kier alpha value is -11.7. The van der Waals surface area contributed by atoms with E-state index in [-0.39, 0.29) is 158 Å². The van der Waals surface area contributed by atoms with E-state index < -0.39 is 0 Å². The molecule has 5 aromatic heterocycles. The smallest absolute Gasteiger partial charge is 0.155 e. The first kappa shape index (κ1) is 136. The number of rotatable bonds is 11. The van der Waals surface area contributed by atoms with E-state index >= 15 is 0 Å². The third kappa shape index (κ3) is 40.5. The predicted molar refractivity (Wildman–Crippen MR) is 605 cm³/mol. The molecule has 0 saturated carbocycles. The minimum atomic E-state index is -0.125. The van der Waals surface area contributed by atoms with Crippen molar-refractivity contribution in [1.29, 1.82) is 0 Å². The second kappa shape index (κ2) is 62.4. The van der Waals surface area contributed by atoms with E-state index in [4.69, 9.17) is 55.2 Å². The van der Waals surface area contributed by atoms with Gasteiger partial charge in [0.15, 0.2) is 28.9 Å². The van der Waals surface area contributed by atoms with Gasteiger partial charge in [-0.15, -0.1) is 174 Å². The molecule has 5 heterocycles. The van der Waals surface area contributed by atoms with Crippen molar-refractivity contribution in [3.8, 4) is 62.0 Å². The second-order valence-electron chi connectivity index (χ2n) is 38.5. The number of carbonyl (C=O) groups excluding carboxylic acids is 5. The largest absolute Gasteiger partial charge is 0.512 e. The van der Waals surface area contributed by atoms with Crippen molar-refractivity contribution >= 4 is 83.4 Å². The summed E-state index contributed by atoms with van der Waals surface area (Å²) in [6, 6.07) is 62.3. The minimum absolute atomic E-state index is 0. The molecular formula is C129H148Ir5N5O11-5. The van der Waals surface area contributed by atoms with Crippen molar-refractivity contribution in [2.45, 2.75) is 263 Å². The van der Waals surface area contributed by atoms with Gasteiger partial charge in [-0.2, -0.15) is 0 Å². The first-order chi connectivity index (χ1) is 67.6. The summed E-state index contributed by atoms with van der Waals surface area (Å²) >= 11 is 0. The Balaban J connectivity index is 0.000000861. The molecular weight excluding hydrogens is 2760 g/mol. The number of pyridine rings is 5. The molecule has 805 valence electrons. The molecule has 0 aliphatic carbocycles. The van der Waals surface area contributed by atoms with Crippen LogP contribution < -0.4 is 4.74 Å². The number of allylic oxidation sites excluding steroid dienone is 10. The average molecular weight is 2910 g/mol. The molecule has 0 saturated heterocycles. The Bertz CT molecular complexity index is 7270. The van der Waals surface area contributed by atoms with Crippen LogP contribution in [0.15, 0.2) is 187 Å². The summed E-state index contributed by atoms with van der Waals surface area (Å²) in [5, 5.41) is 48.1. The zero-order valence-corrected chi connectivity index (χ0v) is 107.